The Hall–Kier alpha value is -3.94. The molecule has 0 spiro atoms. The monoisotopic (exact) mass is 476 g/mol. The summed E-state index contributed by atoms with van der Waals surface area (Å²) in [5.74, 6) is 0.0846. The van der Waals surface area contributed by atoms with Gasteiger partial charge in [0.1, 0.15) is 11.6 Å². The van der Waals surface area contributed by atoms with E-state index in [1.807, 2.05) is 25.1 Å². The van der Waals surface area contributed by atoms with Crippen LogP contribution in [-0.2, 0) is 6.54 Å². The van der Waals surface area contributed by atoms with Crippen molar-refractivity contribution >= 4 is 17.6 Å². The molecule has 4 rings (SSSR count). The molecule has 0 radical (unpaired) electrons. The van der Waals surface area contributed by atoms with Crippen LogP contribution in [0.15, 0.2) is 60.7 Å². The highest BCUT2D eigenvalue weighted by molar-refractivity contribution is 5.95. The summed E-state index contributed by atoms with van der Waals surface area (Å²) >= 11 is 0. The van der Waals surface area contributed by atoms with Gasteiger partial charge < -0.3 is 20.3 Å². The number of likely N-dealkylation sites (tertiary alicyclic amines) is 1. The molecule has 0 saturated carbocycles. The van der Waals surface area contributed by atoms with Crippen LogP contribution < -0.4 is 15.4 Å². The molecular formula is C27H29FN4O3. The number of rotatable bonds is 6. The predicted octanol–water partition coefficient (Wildman–Crippen LogP) is 4.88. The van der Waals surface area contributed by atoms with Crippen LogP contribution >= 0.6 is 0 Å². The Balaban J connectivity index is 1.40. The van der Waals surface area contributed by atoms with Crippen LogP contribution in [0.1, 0.15) is 46.1 Å². The molecule has 1 aliphatic rings. The molecule has 2 N–H and O–H groups in total. The van der Waals surface area contributed by atoms with Gasteiger partial charge in [0.15, 0.2) is 0 Å². The fraction of sp³-hybridized carbons (Fsp3) is 0.296. The lowest BCUT2D eigenvalue weighted by Crippen LogP contribution is -2.41. The standard InChI is InChI=1S/C27H29FN4O3/c1-18-10-11-23(26(33)29-17-20-6-3-4-9-24(20)28)25(30-18)19-12-14-32(15-13-19)27(34)31-21-7-5-8-22(16-21)35-2/h3-11,16,19H,12-15,17H2,1-2H3,(H,29,33)(H,31,34). The van der Waals surface area contributed by atoms with Gasteiger partial charge in [0.25, 0.3) is 5.91 Å². The Bertz CT molecular complexity index is 1210. The Kier molecular flexibility index (Phi) is 7.60. The summed E-state index contributed by atoms with van der Waals surface area (Å²) < 4.78 is 19.1. The van der Waals surface area contributed by atoms with Crippen molar-refractivity contribution in [2.75, 3.05) is 25.5 Å². The third-order valence-electron chi connectivity index (χ3n) is 6.20. The van der Waals surface area contributed by atoms with E-state index in [1.165, 1.54) is 6.07 Å². The van der Waals surface area contributed by atoms with Gasteiger partial charge in [-0.15, -0.1) is 0 Å². The number of ether oxygens (including phenoxy) is 1. The van der Waals surface area contributed by atoms with Gasteiger partial charge in [0.05, 0.1) is 18.4 Å². The van der Waals surface area contributed by atoms with Gasteiger partial charge in [0, 0.05) is 48.6 Å². The summed E-state index contributed by atoms with van der Waals surface area (Å²) in [7, 11) is 1.58. The van der Waals surface area contributed by atoms with Crippen LogP contribution in [0.4, 0.5) is 14.9 Å². The van der Waals surface area contributed by atoms with E-state index < -0.39 is 0 Å². The molecule has 2 heterocycles. The molecular weight excluding hydrogens is 447 g/mol. The lowest BCUT2D eigenvalue weighted by Gasteiger charge is -2.32. The largest absolute Gasteiger partial charge is 0.497 e. The normalized spacial score (nSPS) is 13.9. The van der Waals surface area contributed by atoms with Crippen LogP contribution in [0.3, 0.4) is 0 Å². The van der Waals surface area contributed by atoms with Crippen molar-refractivity contribution in [1.82, 2.24) is 15.2 Å². The molecule has 0 aliphatic carbocycles. The molecule has 1 aliphatic heterocycles. The topological polar surface area (TPSA) is 83.6 Å². The first-order valence-electron chi connectivity index (χ1n) is 11.6. The number of carbonyl (C=O) groups is 2. The fourth-order valence-electron chi connectivity index (χ4n) is 4.25. The first-order valence-corrected chi connectivity index (χ1v) is 11.6. The van der Waals surface area contributed by atoms with Crippen molar-refractivity contribution in [2.45, 2.75) is 32.2 Å². The number of hydrogen-bond acceptors (Lipinski definition) is 4. The van der Waals surface area contributed by atoms with E-state index in [0.29, 0.717) is 48.5 Å². The molecule has 7 nitrogen and oxygen atoms in total. The third-order valence-corrected chi connectivity index (χ3v) is 6.20. The second kappa shape index (κ2) is 11.0. The molecule has 8 heteroatoms. The maximum Gasteiger partial charge on any atom is 0.321 e. The molecule has 0 unspecified atom stereocenters. The van der Waals surface area contributed by atoms with Crippen LogP contribution in [0, 0.1) is 12.7 Å². The van der Waals surface area contributed by atoms with E-state index in [1.54, 1.807) is 48.4 Å². The second-order valence-corrected chi connectivity index (χ2v) is 8.58. The van der Waals surface area contributed by atoms with E-state index >= 15 is 0 Å². The minimum Gasteiger partial charge on any atom is -0.497 e. The first kappa shape index (κ1) is 24.2. The summed E-state index contributed by atoms with van der Waals surface area (Å²) in [6.07, 6.45) is 1.38. The zero-order valence-corrected chi connectivity index (χ0v) is 19.9. The van der Waals surface area contributed by atoms with E-state index in [4.69, 9.17) is 4.74 Å². The maximum absolute atomic E-state index is 13.9. The highest BCUT2D eigenvalue weighted by Crippen LogP contribution is 2.30. The zero-order chi connectivity index (χ0) is 24.8. The number of benzene rings is 2. The summed E-state index contributed by atoms with van der Waals surface area (Å²) in [5, 5.41) is 5.73. The number of pyridine rings is 1. The summed E-state index contributed by atoms with van der Waals surface area (Å²) in [4.78, 5) is 32.2. The van der Waals surface area contributed by atoms with Gasteiger partial charge >= 0.3 is 6.03 Å². The lowest BCUT2D eigenvalue weighted by molar-refractivity contribution is 0.0947. The maximum atomic E-state index is 13.9. The SMILES string of the molecule is COc1cccc(NC(=O)N2CCC(c3nc(C)ccc3C(=O)NCc3ccccc3F)CC2)c1. The van der Waals surface area contributed by atoms with Gasteiger partial charge in [-0.1, -0.05) is 24.3 Å². The Labute approximate surface area is 204 Å². The number of methoxy groups -OCH3 is 1. The van der Waals surface area contributed by atoms with Crippen LogP contribution in [0.25, 0.3) is 0 Å². The second-order valence-electron chi connectivity index (χ2n) is 8.58. The van der Waals surface area contributed by atoms with Crippen molar-refractivity contribution in [3.63, 3.8) is 0 Å². The van der Waals surface area contributed by atoms with Crippen molar-refractivity contribution in [2.24, 2.45) is 0 Å². The molecule has 1 saturated heterocycles. The van der Waals surface area contributed by atoms with E-state index in [0.717, 1.165) is 11.4 Å². The average Bonchev–Trinajstić information content (AvgIpc) is 2.88. The molecule has 1 fully saturated rings. The van der Waals surface area contributed by atoms with Crippen LogP contribution in [0.2, 0.25) is 0 Å². The quantitative estimate of drug-likeness (QED) is 0.531. The Morgan fingerprint density at radius 2 is 1.86 bits per heavy atom. The Morgan fingerprint density at radius 3 is 2.60 bits per heavy atom. The van der Waals surface area contributed by atoms with Crippen LogP contribution in [-0.4, -0.2) is 42.0 Å². The summed E-state index contributed by atoms with van der Waals surface area (Å²) in [5.41, 5.74) is 3.14. The third kappa shape index (κ3) is 5.95. The Morgan fingerprint density at radius 1 is 1.09 bits per heavy atom. The number of hydrogen-bond donors (Lipinski definition) is 2. The van der Waals surface area contributed by atoms with Crippen LogP contribution in [0.5, 0.6) is 5.75 Å². The number of aryl methyl sites for hydroxylation is 1. The molecule has 0 atom stereocenters. The lowest BCUT2D eigenvalue weighted by atomic mass is 9.90. The van der Waals surface area contributed by atoms with E-state index in [2.05, 4.69) is 15.6 Å². The van der Waals surface area contributed by atoms with Gasteiger partial charge in [-0.25, -0.2) is 9.18 Å². The summed E-state index contributed by atoms with van der Waals surface area (Å²) in [6, 6.07) is 17.0. The number of carbonyl (C=O) groups excluding carboxylic acids is 2. The molecule has 35 heavy (non-hydrogen) atoms. The average molecular weight is 477 g/mol. The number of anilines is 1. The highest BCUT2D eigenvalue weighted by Gasteiger charge is 2.28. The van der Waals surface area contributed by atoms with Gasteiger partial charge in [-0.3, -0.25) is 9.78 Å². The molecule has 3 aromatic rings. The molecule has 1 aromatic heterocycles. The number of nitrogens with one attached hydrogen (secondary N) is 2. The molecule has 0 bridgehead atoms. The van der Waals surface area contributed by atoms with E-state index in [9.17, 15) is 14.0 Å². The number of nitrogens with zero attached hydrogens (tertiary/aromatic N) is 2. The van der Waals surface area contributed by atoms with Crippen molar-refractivity contribution < 1.29 is 18.7 Å². The minimum atomic E-state index is -0.352. The predicted molar refractivity (Wildman–Crippen MR) is 132 cm³/mol. The van der Waals surface area contributed by atoms with Crippen molar-refractivity contribution in [3.05, 3.63) is 89.0 Å². The number of piperidine rings is 1. The number of aromatic nitrogens is 1. The molecule has 182 valence electrons. The van der Waals surface area contributed by atoms with Gasteiger partial charge in [-0.2, -0.15) is 0 Å². The van der Waals surface area contributed by atoms with Gasteiger partial charge in [0.2, 0.25) is 0 Å². The smallest absolute Gasteiger partial charge is 0.321 e. The number of urea groups is 1. The van der Waals surface area contributed by atoms with Crippen molar-refractivity contribution in [1.29, 1.82) is 0 Å². The highest BCUT2D eigenvalue weighted by atomic mass is 19.1. The zero-order valence-electron chi connectivity index (χ0n) is 19.9. The number of amides is 3. The minimum absolute atomic E-state index is 0.0463. The molecule has 2 aromatic carbocycles. The summed E-state index contributed by atoms with van der Waals surface area (Å²) in [6.45, 7) is 3.09. The van der Waals surface area contributed by atoms with Crippen molar-refractivity contribution in [3.8, 4) is 5.75 Å². The van der Waals surface area contributed by atoms with E-state index in [-0.39, 0.29) is 30.2 Å². The number of halogens is 1. The first-order chi connectivity index (χ1) is 16.9. The molecule has 3 amide bonds. The fourth-order valence-corrected chi connectivity index (χ4v) is 4.25. The van der Waals surface area contributed by atoms with Gasteiger partial charge in [-0.05, 0) is 50.1 Å².